The Kier molecular flexibility index (Phi) is 3.89. The lowest BCUT2D eigenvalue weighted by molar-refractivity contribution is -0.143. The van der Waals surface area contributed by atoms with Gasteiger partial charge in [-0.15, -0.1) is 0 Å². The highest BCUT2D eigenvalue weighted by Crippen LogP contribution is 2.17. The third-order valence-corrected chi connectivity index (χ3v) is 3.81. The lowest BCUT2D eigenvalue weighted by atomic mass is 10.1. The van der Waals surface area contributed by atoms with E-state index in [4.69, 9.17) is 0 Å². The van der Waals surface area contributed by atoms with Crippen molar-refractivity contribution in [3.05, 3.63) is 0 Å². The molecule has 8 heteroatoms. The summed E-state index contributed by atoms with van der Waals surface area (Å²) in [5.41, 5.74) is -0.932. The monoisotopic (exact) mass is 296 g/mol. The molecule has 116 valence electrons. The molecule has 0 aromatic rings. The molecule has 1 atom stereocenters. The van der Waals surface area contributed by atoms with Crippen molar-refractivity contribution in [2.45, 2.75) is 38.8 Å². The van der Waals surface area contributed by atoms with E-state index >= 15 is 0 Å². The Labute approximate surface area is 122 Å². The number of nitrogens with zero attached hydrogens (tertiary/aromatic N) is 2. The first-order valence-corrected chi connectivity index (χ1v) is 6.95. The molecule has 2 rings (SSSR count). The Morgan fingerprint density at radius 1 is 1.33 bits per heavy atom. The maximum atomic E-state index is 12.2. The molecule has 8 nitrogen and oxygen atoms in total. The summed E-state index contributed by atoms with van der Waals surface area (Å²) in [5.74, 6) is -0.766. The molecule has 0 spiro atoms. The normalized spacial score (nSPS) is 24.9. The fourth-order valence-corrected chi connectivity index (χ4v) is 2.50. The quantitative estimate of drug-likeness (QED) is 0.656. The van der Waals surface area contributed by atoms with Crippen molar-refractivity contribution in [3.63, 3.8) is 0 Å². The molecular weight excluding hydrogens is 276 g/mol. The highest BCUT2D eigenvalue weighted by Gasteiger charge is 2.44. The van der Waals surface area contributed by atoms with Gasteiger partial charge in [-0.25, -0.2) is 4.79 Å². The van der Waals surface area contributed by atoms with Crippen LogP contribution in [0.15, 0.2) is 0 Å². The molecule has 2 aliphatic rings. The van der Waals surface area contributed by atoms with Gasteiger partial charge in [-0.2, -0.15) is 0 Å². The second kappa shape index (κ2) is 5.34. The molecular formula is C13H20N4O4. The van der Waals surface area contributed by atoms with E-state index in [9.17, 15) is 19.2 Å². The van der Waals surface area contributed by atoms with Crippen molar-refractivity contribution in [1.29, 1.82) is 0 Å². The maximum Gasteiger partial charge on any atom is 0.325 e. The largest absolute Gasteiger partial charge is 0.353 e. The number of urea groups is 1. The van der Waals surface area contributed by atoms with Gasteiger partial charge in [-0.05, 0) is 20.8 Å². The number of carbonyl (C=O) groups is 4. The van der Waals surface area contributed by atoms with E-state index in [2.05, 4.69) is 10.6 Å². The Morgan fingerprint density at radius 2 is 2.00 bits per heavy atom. The summed E-state index contributed by atoms with van der Waals surface area (Å²) in [7, 11) is 0. The van der Waals surface area contributed by atoms with E-state index in [1.54, 1.807) is 20.8 Å². The molecule has 1 unspecified atom stereocenters. The summed E-state index contributed by atoms with van der Waals surface area (Å²) in [6, 6.07) is -1.01. The zero-order valence-electron chi connectivity index (χ0n) is 12.4. The van der Waals surface area contributed by atoms with E-state index in [0.717, 1.165) is 4.90 Å². The number of hydrogen-bond donors (Lipinski definition) is 2. The minimum atomic E-state index is -0.932. The lowest BCUT2D eigenvalue weighted by Crippen LogP contribution is -2.56. The summed E-state index contributed by atoms with van der Waals surface area (Å²) < 4.78 is 0. The van der Waals surface area contributed by atoms with Gasteiger partial charge in [0.2, 0.25) is 11.8 Å². The van der Waals surface area contributed by atoms with Gasteiger partial charge in [0.15, 0.2) is 0 Å². The van der Waals surface area contributed by atoms with Crippen LogP contribution in [-0.2, 0) is 14.4 Å². The smallest absolute Gasteiger partial charge is 0.325 e. The SMILES string of the molecule is CC1C(=O)NCCN1C(=O)CCN1C(=O)NC(C)(C)C1=O. The average molecular weight is 296 g/mol. The minimum absolute atomic E-state index is 0.0207. The number of imide groups is 1. The van der Waals surface area contributed by atoms with Crippen molar-refractivity contribution in [2.24, 2.45) is 0 Å². The molecule has 0 aromatic carbocycles. The lowest BCUT2D eigenvalue weighted by Gasteiger charge is -2.33. The topological polar surface area (TPSA) is 98.8 Å². The predicted molar refractivity (Wildman–Crippen MR) is 73.1 cm³/mol. The molecule has 2 saturated heterocycles. The number of amides is 5. The number of rotatable bonds is 3. The van der Waals surface area contributed by atoms with Crippen LogP contribution in [0.2, 0.25) is 0 Å². The van der Waals surface area contributed by atoms with Gasteiger partial charge in [-0.3, -0.25) is 19.3 Å². The Morgan fingerprint density at radius 3 is 2.57 bits per heavy atom. The van der Waals surface area contributed by atoms with Gasteiger partial charge in [0.05, 0.1) is 0 Å². The molecule has 0 aliphatic carbocycles. The second-order valence-corrected chi connectivity index (χ2v) is 5.82. The van der Waals surface area contributed by atoms with Crippen molar-refractivity contribution >= 4 is 23.8 Å². The Hall–Kier alpha value is -2.12. The van der Waals surface area contributed by atoms with Crippen LogP contribution in [-0.4, -0.2) is 64.8 Å². The molecule has 0 bridgehead atoms. The maximum absolute atomic E-state index is 12.2. The van der Waals surface area contributed by atoms with E-state index in [1.165, 1.54) is 4.90 Å². The van der Waals surface area contributed by atoms with Crippen LogP contribution in [0.3, 0.4) is 0 Å². The first kappa shape index (κ1) is 15.3. The zero-order valence-corrected chi connectivity index (χ0v) is 12.4. The van der Waals surface area contributed by atoms with Crippen molar-refractivity contribution in [2.75, 3.05) is 19.6 Å². The number of hydrogen-bond acceptors (Lipinski definition) is 4. The van der Waals surface area contributed by atoms with Gasteiger partial charge >= 0.3 is 6.03 Å². The van der Waals surface area contributed by atoms with Crippen LogP contribution in [0.1, 0.15) is 27.2 Å². The van der Waals surface area contributed by atoms with E-state index in [0.29, 0.717) is 13.1 Å². The van der Waals surface area contributed by atoms with Crippen LogP contribution in [0.25, 0.3) is 0 Å². The predicted octanol–water partition coefficient (Wildman–Crippen LogP) is -0.946. The molecule has 21 heavy (non-hydrogen) atoms. The molecule has 0 aromatic heterocycles. The Balaban J connectivity index is 1.94. The molecule has 0 saturated carbocycles. The molecule has 2 aliphatic heterocycles. The van der Waals surface area contributed by atoms with E-state index in [-0.39, 0.29) is 30.7 Å². The fraction of sp³-hybridized carbons (Fsp3) is 0.692. The van der Waals surface area contributed by atoms with Gasteiger partial charge in [0.25, 0.3) is 5.91 Å². The van der Waals surface area contributed by atoms with Crippen molar-refractivity contribution < 1.29 is 19.2 Å². The molecule has 2 N–H and O–H groups in total. The summed E-state index contributed by atoms with van der Waals surface area (Å²) in [6.45, 7) is 5.78. The summed E-state index contributed by atoms with van der Waals surface area (Å²) >= 11 is 0. The van der Waals surface area contributed by atoms with Crippen molar-refractivity contribution in [1.82, 2.24) is 20.4 Å². The molecule has 0 radical (unpaired) electrons. The van der Waals surface area contributed by atoms with E-state index in [1.807, 2.05) is 0 Å². The number of carbonyl (C=O) groups excluding carboxylic acids is 4. The van der Waals surface area contributed by atoms with Crippen molar-refractivity contribution in [3.8, 4) is 0 Å². The summed E-state index contributed by atoms with van der Waals surface area (Å²) in [5, 5.41) is 5.24. The molecule has 2 fully saturated rings. The summed E-state index contributed by atoms with van der Waals surface area (Å²) in [6.07, 6.45) is 0.0207. The van der Waals surface area contributed by atoms with Gasteiger partial charge in [0.1, 0.15) is 11.6 Å². The third kappa shape index (κ3) is 2.84. The number of piperazine rings is 1. The first-order valence-electron chi connectivity index (χ1n) is 6.95. The van der Waals surface area contributed by atoms with E-state index < -0.39 is 17.6 Å². The molecule has 5 amide bonds. The van der Waals surface area contributed by atoms with Crippen LogP contribution in [0.5, 0.6) is 0 Å². The second-order valence-electron chi connectivity index (χ2n) is 5.82. The summed E-state index contributed by atoms with van der Waals surface area (Å²) in [4.78, 5) is 49.9. The average Bonchev–Trinajstić information content (AvgIpc) is 2.59. The zero-order chi connectivity index (χ0) is 15.8. The Bertz CT molecular complexity index is 502. The number of nitrogens with one attached hydrogen (secondary N) is 2. The first-order chi connectivity index (χ1) is 9.74. The third-order valence-electron chi connectivity index (χ3n) is 3.81. The van der Waals surface area contributed by atoms with Gasteiger partial charge in [-0.1, -0.05) is 0 Å². The highest BCUT2D eigenvalue weighted by atomic mass is 16.2. The standard InChI is InChI=1S/C13H20N4O4/c1-8-10(19)14-5-7-16(8)9(18)4-6-17-11(20)13(2,3)15-12(17)21/h8H,4-7H2,1-3H3,(H,14,19)(H,15,21). The van der Waals surface area contributed by atoms with Gasteiger partial charge < -0.3 is 15.5 Å². The fourth-order valence-electron chi connectivity index (χ4n) is 2.50. The van der Waals surface area contributed by atoms with Crippen LogP contribution in [0, 0.1) is 0 Å². The molecule has 2 heterocycles. The minimum Gasteiger partial charge on any atom is -0.353 e. The van der Waals surface area contributed by atoms with Crippen LogP contribution in [0.4, 0.5) is 4.79 Å². The van der Waals surface area contributed by atoms with Crippen LogP contribution < -0.4 is 10.6 Å². The van der Waals surface area contributed by atoms with Crippen LogP contribution >= 0.6 is 0 Å². The highest BCUT2D eigenvalue weighted by molar-refractivity contribution is 6.06. The van der Waals surface area contributed by atoms with Gasteiger partial charge in [0, 0.05) is 26.1 Å².